The predicted octanol–water partition coefficient (Wildman–Crippen LogP) is 0.167. The molecule has 1 aromatic carbocycles. The van der Waals surface area contributed by atoms with E-state index in [1.807, 2.05) is 22.6 Å². The number of aliphatic hydroxyl groups is 1. The fraction of sp³-hybridized carbons (Fsp3) is 0.353. The first kappa shape index (κ1) is 19.7. The first-order valence-electron chi connectivity index (χ1n) is 8.06. The van der Waals surface area contributed by atoms with Crippen LogP contribution in [0, 0.1) is 9.39 Å². The van der Waals surface area contributed by atoms with Crippen molar-refractivity contribution in [3.8, 4) is 0 Å². The van der Waals surface area contributed by atoms with Gasteiger partial charge in [-0.25, -0.2) is 14.2 Å². The van der Waals surface area contributed by atoms with Gasteiger partial charge in [0.25, 0.3) is 11.5 Å². The lowest BCUT2D eigenvalue weighted by molar-refractivity contribution is -0.0782. The molecule has 1 aliphatic rings. The normalized spacial score (nSPS) is 16.8. The number of halogens is 2. The largest absolute Gasteiger partial charge is 0.389 e. The van der Waals surface area contributed by atoms with E-state index in [2.05, 4.69) is 0 Å². The molecule has 144 valence electrons. The zero-order valence-electron chi connectivity index (χ0n) is 14.6. The number of nitrogens with zero attached hydrogens (tertiary/aromatic N) is 3. The molecular formula is C17H17FIN3O5. The molecule has 10 heteroatoms. The molecule has 27 heavy (non-hydrogen) atoms. The van der Waals surface area contributed by atoms with Crippen molar-refractivity contribution in [1.82, 2.24) is 14.2 Å². The quantitative estimate of drug-likeness (QED) is 0.621. The van der Waals surface area contributed by atoms with Crippen molar-refractivity contribution in [2.75, 3.05) is 13.2 Å². The van der Waals surface area contributed by atoms with Crippen LogP contribution in [0.3, 0.4) is 0 Å². The molecule has 1 atom stereocenters. The molecule has 1 aromatic heterocycles. The average Bonchev–Trinajstić information content (AvgIpc) is 3.06. The molecule has 8 nitrogen and oxygen atoms in total. The van der Waals surface area contributed by atoms with E-state index in [4.69, 9.17) is 4.84 Å². The molecule has 1 N–H and O–H groups in total. The van der Waals surface area contributed by atoms with E-state index in [-0.39, 0.29) is 36.4 Å². The number of aliphatic hydroxyl groups excluding tert-OH is 1. The Hall–Kier alpha value is -2.05. The van der Waals surface area contributed by atoms with Crippen molar-refractivity contribution in [2.24, 2.45) is 14.1 Å². The van der Waals surface area contributed by atoms with Crippen molar-refractivity contribution in [3.05, 3.63) is 65.2 Å². The SMILES string of the molecule is Cn1c(Cc2ccc(I)cc2F)c(C(=O)N2CC(O)CO2)c(=O)n(C)c1=O. The van der Waals surface area contributed by atoms with Crippen molar-refractivity contribution >= 4 is 28.5 Å². The van der Waals surface area contributed by atoms with Crippen LogP contribution in [0.2, 0.25) is 0 Å². The molecule has 0 spiro atoms. The average molecular weight is 489 g/mol. The van der Waals surface area contributed by atoms with E-state index in [0.29, 0.717) is 3.57 Å². The van der Waals surface area contributed by atoms with Gasteiger partial charge in [-0.1, -0.05) is 6.07 Å². The first-order valence-corrected chi connectivity index (χ1v) is 9.14. The Morgan fingerprint density at radius 3 is 2.63 bits per heavy atom. The topological polar surface area (TPSA) is 93.8 Å². The number of rotatable bonds is 3. The molecule has 1 fully saturated rings. The third kappa shape index (κ3) is 3.69. The van der Waals surface area contributed by atoms with Gasteiger partial charge < -0.3 is 5.11 Å². The Balaban J connectivity index is 2.15. The van der Waals surface area contributed by atoms with Gasteiger partial charge in [0.05, 0.1) is 6.54 Å². The van der Waals surface area contributed by atoms with E-state index in [9.17, 15) is 23.9 Å². The zero-order valence-corrected chi connectivity index (χ0v) is 16.8. The number of hydrogen-bond acceptors (Lipinski definition) is 5. The monoisotopic (exact) mass is 489 g/mol. The zero-order chi connectivity index (χ0) is 19.9. The second-order valence-corrected chi connectivity index (χ2v) is 7.50. The molecule has 1 saturated heterocycles. The van der Waals surface area contributed by atoms with Gasteiger partial charge >= 0.3 is 5.69 Å². The van der Waals surface area contributed by atoms with Gasteiger partial charge in [-0.2, -0.15) is 0 Å². The van der Waals surface area contributed by atoms with Crippen LogP contribution in [0.1, 0.15) is 21.6 Å². The fourth-order valence-electron chi connectivity index (χ4n) is 2.89. The highest BCUT2D eigenvalue weighted by Crippen LogP contribution is 2.19. The number of aromatic nitrogens is 2. The summed E-state index contributed by atoms with van der Waals surface area (Å²) in [5.41, 5.74) is -1.38. The number of carbonyl (C=O) groups is 1. The van der Waals surface area contributed by atoms with Gasteiger partial charge in [0.1, 0.15) is 24.1 Å². The van der Waals surface area contributed by atoms with Crippen LogP contribution in [-0.4, -0.2) is 44.5 Å². The van der Waals surface area contributed by atoms with Crippen molar-refractivity contribution < 1.29 is 19.1 Å². The maximum absolute atomic E-state index is 14.3. The number of β-amino-alcohol motifs (C(OH)–C–C–N with tert-alkyl or cyclic N) is 1. The number of benzene rings is 1. The summed E-state index contributed by atoms with van der Waals surface area (Å²) in [6.07, 6.45) is -0.982. The predicted molar refractivity (Wildman–Crippen MR) is 102 cm³/mol. The Morgan fingerprint density at radius 2 is 2.04 bits per heavy atom. The summed E-state index contributed by atoms with van der Waals surface area (Å²) in [4.78, 5) is 42.9. The molecule has 1 amide bonds. The highest BCUT2D eigenvalue weighted by molar-refractivity contribution is 14.1. The standard InChI is InChI=1S/C17H17FIN3O5/c1-20-13(5-9-3-4-10(19)6-12(9)18)14(15(24)21(2)17(20)26)16(25)22-7-11(23)8-27-22/h3-4,6,11,23H,5,7-8H2,1-2H3. The van der Waals surface area contributed by atoms with E-state index in [1.165, 1.54) is 20.2 Å². The minimum absolute atomic E-state index is 0.0705. The van der Waals surface area contributed by atoms with Gasteiger partial charge in [0.15, 0.2) is 0 Å². The lowest BCUT2D eigenvalue weighted by atomic mass is 10.0. The van der Waals surface area contributed by atoms with Crippen LogP contribution in [0.25, 0.3) is 0 Å². The summed E-state index contributed by atoms with van der Waals surface area (Å²) in [6.45, 7) is -0.166. The smallest absolute Gasteiger partial charge is 0.330 e. The van der Waals surface area contributed by atoms with Gasteiger partial charge in [-0.05, 0) is 40.3 Å². The van der Waals surface area contributed by atoms with E-state index in [0.717, 1.165) is 14.2 Å². The minimum Gasteiger partial charge on any atom is -0.389 e. The van der Waals surface area contributed by atoms with E-state index < -0.39 is 29.1 Å². The number of amides is 1. The van der Waals surface area contributed by atoms with Gasteiger partial charge in [-0.15, -0.1) is 0 Å². The Morgan fingerprint density at radius 1 is 1.33 bits per heavy atom. The Bertz CT molecular complexity index is 1030. The van der Waals surface area contributed by atoms with Crippen LogP contribution >= 0.6 is 22.6 Å². The van der Waals surface area contributed by atoms with Gasteiger partial charge in [0.2, 0.25) is 0 Å². The summed E-state index contributed by atoms with van der Waals surface area (Å²) in [5, 5.41) is 10.5. The summed E-state index contributed by atoms with van der Waals surface area (Å²) in [7, 11) is 2.68. The molecular weight excluding hydrogens is 472 g/mol. The van der Waals surface area contributed by atoms with Gasteiger partial charge in [0, 0.05) is 29.8 Å². The maximum Gasteiger partial charge on any atom is 0.330 e. The van der Waals surface area contributed by atoms with Crippen LogP contribution in [0.5, 0.6) is 0 Å². The second-order valence-electron chi connectivity index (χ2n) is 6.26. The van der Waals surface area contributed by atoms with Crippen molar-refractivity contribution in [2.45, 2.75) is 12.5 Å². The number of hydroxylamine groups is 2. The molecule has 2 heterocycles. The summed E-state index contributed by atoms with van der Waals surface area (Å²) < 4.78 is 17.0. The highest BCUT2D eigenvalue weighted by Gasteiger charge is 2.32. The molecule has 0 aliphatic carbocycles. The molecule has 0 radical (unpaired) electrons. The third-order valence-electron chi connectivity index (χ3n) is 4.40. The van der Waals surface area contributed by atoms with Crippen LogP contribution < -0.4 is 11.2 Å². The third-order valence-corrected chi connectivity index (χ3v) is 5.07. The fourth-order valence-corrected chi connectivity index (χ4v) is 3.35. The highest BCUT2D eigenvalue weighted by atomic mass is 127. The summed E-state index contributed by atoms with van der Waals surface area (Å²) in [5.74, 6) is -1.27. The van der Waals surface area contributed by atoms with Crippen molar-refractivity contribution in [3.63, 3.8) is 0 Å². The molecule has 1 unspecified atom stereocenters. The summed E-state index contributed by atoms with van der Waals surface area (Å²) in [6, 6.07) is 4.57. The molecule has 0 bridgehead atoms. The minimum atomic E-state index is -0.859. The lowest BCUT2D eigenvalue weighted by Gasteiger charge is -2.19. The van der Waals surface area contributed by atoms with Crippen LogP contribution in [0.15, 0.2) is 27.8 Å². The molecule has 3 rings (SSSR count). The number of carbonyl (C=O) groups excluding carboxylic acids is 1. The molecule has 1 aliphatic heterocycles. The first-order chi connectivity index (χ1) is 12.7. The van der Waals surface area contributed by atoms with Crippen LogP contribution in [-0.2, 0) is 25.4 Å². The lowest BCUT2D eigenvalue weighted by Crippen LogP contribution is -2.45. The molecule has 2 aromatic rings. The van der Waals surface area contributed by atoms with Crippen molar-refractivity contribution in [1.29, 1.82) is 0 Å². The van der Waals surface area contributed by atoms with Gasteiger partial charge in [-0.3, -0.25) is 23.6 Å². The number of hydrogen-bond donors (Lipinski definition) is 1. The summed E-state index contributed by atoms with van der Waals surface area (Å²) >= 11 is 1.97. The Labute approximate surface area is 166 Å². The Kier molecular flexibility index (Phi) is 5.49. The van der Waals surface area contributed by atoms with E-state index >= 15 is 0 Å². The van der Waals surface area contributed by atoms with Crippen LogP contribution in [0.4, 0.5) is 4.39 Å². The maximum atomic E-state index is 14.3. The van der Waals surface area contributed by atoms with E-state index in [1.54, 1.807) is 12.1 Å². The molecule has 0 saturated carbocycles. The second kappa shape index (κ2) is 7.52.